The van der Waals surface area contributed by atoms with E-state index in [0.29, 0.717) is 19.3 Å². The molecule has 1 aliphatic rings. The number of ether oxygens (including phenoxy) is 5. The highest BCUT2D eigenvalue weighted by Crippen LogP contribution is 2.27. The van der Waals surface area contributed by atoms with Crippen LogP contribution in [-0.2, 0) is 42.9 Å². The van der Waals surface area contributed by atoms with Gasteiger partial charge in [0.25, 0.3) is 0 Å². The Balaban J connectivity index is 2.63. The normalized spacial score (nSPS) is 17.8. The summed E-state index contributed by atoms with van der Waals surface area (Å²) in [5.74, 6) is -3.10. The number of aliphatic carboxylic acids is 1. The number of carboxylic acids is 1. The van der Waals surface area contributed by atoms with Crippen molar-refractivity contribution in [2.24, 2.45) is 0 Å². The van der Waals surface area contributed by atoms with E-state index < -0.39 is 67.3 Å². The minimum Gasteiger partial charge on any atom is -0.479 e. The van der Waals surface area contributed by atoms with Crippen LogP contribution in [0.25, 0.3) is 0 Å². The molecule has 0 spiro atoms. The molecule has 0 bridgehead atoms. The van der Waals surface area contributed by atoms with E-state index in [-0.39, 0.29) is 25.9 Å². The van der Waals surface area contributed by atoms with Gasteiger partial charge in [0.15, 0.2) is 24.6 Å². The molecule has 3 N–H and O–H groups in total. The maximum absolute atomic E-state index is 13.2. The van der Waals surface area contributed by atoms with Crippen LogP contribution in [0.5, 0.6) is 0 Å². The molecular formula is C71H126O12. The maximum Gasteiger partial charge on any atom is 0.335 e. The average Bonchev–Trinajstić information content (AvgIpc) is 3.60. The van der Waals surface area contributed by atoms with Crippen molar-refractivity contribution >= 4 is 23.9 Å². The van der Waals surface area contributed by atoms with Crippen LogP contribution in [0.1, 0.15) is 329 Å². The number of rotatable bonds is 60. The molecule has 0 aliphatic carbocycles. The smallest absolute Gasteiger partial charge is 0.335 e. The van der Waals surface area contributed by atoms with Gasteiger partial charge in [-0.3, -0.25) is 14.4 Å². The summed E-state index contributed by atoms with van der Waals surface area (Å²) in [6, 6.07) is 0. The van der Waals surface area contributed by atoms with Gasteiger partial charge in [-0.15, -0.1) is 0 Å². The van der Waals surface area contributed by atoms with Gasteiger partial charge in [0.2, 0.25) is 0 Å². The monoisotopic (exact) mass is 1170 g/mol. The van der Waals surface area contributed by atoms with E-state index >= 15 is 0 Å². The van der Waals surface area contributed by atoms with Gasteiger partial charge in [0, 0.05) is 19.3 Å². The van der Waals surface area contributed by atoms with Crippen LogP contribution in [0.3, 0.4) is 0 Å². The van der Waals surface area contributed by atoms with Gasteiger partial charge in [-0.05, 0) is 83.5 Å². The van der Waals surface area contributed by atoms with Gasteiger partial charge < -0.3 is 39.0 Å². The molecule has 1 rings (SSSR count). The molecule has 482 valence electrons. The molecule has 0 amide bonds. The van der Waals surface area contributed by atoms with Gasteiger partial charge >= 0.3 is 23.9 Å². The number of esters is 3. The number of unbranched alkanes of at least 4 members (excludes halogenated alkanes) is 38. The third-order valence-electron chi connectivity index (χ3n) is 15.9. The quantitative estimate of drug-likeness (QED) is 0.0228. The van der Waals surface area contributed by atoms with E-state index in [1.165, 1.54) is 180 Å². The van der Waals surface area contributed by atoms with E-state index in [1.54, 1.807) is 0 Å². The number of carboxylic acid groups (broad SMARTS) is 1. The summed E-state index contributed by atoms with van der Waals surface area (Å²) in [5.41, 5.74) is 0. The Labute approximate surface area is 507 Å². The lowest BCUT2D eigenvalue weighted by molar-refractivity contribution is -0.301. The summed E-state index contributed by atoms with van der Waals surface area (Å²) in [6.07, 6.45) is 60.6. The Morgan fingerprint density at radius 1 is 0.398 bits per heavy atom. The molecule has 83 heavy (non-hydrogen) atoms. The number of aliphatic hydroxyl groups is 2. The minimum atomic E-state index is -1.91. The molecule has 0 aromatic rings. The summed E-state index contributed by atoms with van der Waals surface area (Å²) < 4.78 is 28.6. The predicted molar refractivity (Wildman–Crippen MR) is 340 cm³/mol. The van der Waals surface area contributed by atoms with E-state index in [0.717, 1.165) is 89.9 Å². The molecule has 1 fully saturated rings. The van der Waals surface area contributed by atoms with Crippen LogP contribution in [0.4, 0.5) is 0 Å². The zero-order valence-electron chi connectivity index (χ0n) is 53.5. The average molecular weight is 1170 g/mol. The molecular weight excluding hydrogens is 1040 g/mol. The Kier molecular flexibility index (Phi) is 55.3. The summed E-state index contributed by atoms with van der Waals surface area (Å²) in [5, 5.41) is 31.6. The van der Waals surface area contributed by atoms with Crippen LogP contribution in [0.15, 0.2) is 48.6 Å². The number of hydrogen-bond acceptors (Lipinski definition) is 11. The van der Waals surface area contributed by atoms with Crippen LogP contribution < -0.4 is 0 Å². The molecule has 12 heteroatoms. The van der Waals surface area contributed by atoms with Gasteiger partial charge in [-0.25, -0.2) is 4.79 Å². The van der Waals surface area contributed by atoms with Crippen molar-refractivity contribution in [2.45, 2.75) is 366 Å². The van der Waals surface area contributed by atoms with Gasteiger partial charge in [-0.2, -0.15) is 0 Å². The first kappa shape index (κ1) is 77.7. The van der Waals surface area contributed by atoms with Crippen LogP contribution in [0, 0.1) is 0 Å². The highest BCUT2D eigenvalue weighted by atomic mass is 16.7. The molecule has 0 aromatic heterocycles. The van der Waals surface area contributed by atoms with Crippen LogP contribution in [-0.4, -0.2) is 89.2 Å². The fourth-order valence-electron chi connectivity index (χ4n) is 10.5. The Morgan fingerprint density at radius 2 is 0.723 bits per heavy atom. The zero-order valence-corrected chi connectivity index (χ0v) is 53.5. The molecule has 1 heterocycles. The fourth-order valence-corrected chi connectivity index (χ4v) is 10.5. The first-order chi connectivity index (χ1) is 40.6. The lowest BCUT2D eigenvalue weighted by atomic mass is 9.98. The molecule has 0 radical (unpaired) electrons. The summed E-state index contributed by atoms with van der Waals surface area (Å²) in [4.78, 5) is 51.4. The second kappa shape index (κ2) is 59.0. The number of carbonyl (C=O) groups excluding carboxylic acids is 3. The van der Waals surface area contributed by atoms with Crippen molar-refractivity contribution in [1.29, 1.82) is 0 Å². The van der Waals surface area contributed by atoms with E-state index in [9.17, 15) is 34.5 Å². The van der Waals surface area contributed by atoms with Crippen molar-refractivity contribution in [2.75, 3.05) is 13.2 Å². The van der Waals surface area contributed by atoms with Gasteiger partial charge in [0.1, 0.15) is 18.8 Å². The number of aliphatic hydroxyl groups excluding tert-OH is 2. The first-order valence-corrected chi connectivity index (χ1v) is 34.6. The number of hydrogen-bond donors (Lipinski definition) is 3. The standard InChI is InChI=1S/C71H126O12/c1-4-7-10-13-16-19-22-25-28-30-32-34-37-39-42-45-48-51-54-57-63(72)79-60-62(81-64(73)58-55-52-49-46-43-40-36-27-24-21-18-15-12-9-6-3)61-80-71-69(67(76)66(75)68(83-71)70(77)78)82-65(74)59-56-53-50-47-44-41-38-35-33-31-29-26-23-20-17-14-11-8-5-2/h17,20,25-26,28-29,33,35,62,66-69,71,75-76H,4-16,18-19,21-24,27,30-32,34,36-61H2,1-3H3,(H,77,78)/b20-17-,28-25-,29-26-,35-33-. The molecule has 1 saturated heterocycles. The highest BCUT2D eigenvalue weighted by Gasteiger charge is 2.50. The van der Waals surface area contributed by atoms with Gasteiger partial charge in [0.05, 0.1) is 6.61 Å². The van der Waals surface area contributed by atoms with E-state index in [1.807, 2.05) is 0 Å². The molecule has 6 atom stereocenters. The van der Waals surface area contributed by atoms with Gasteiger partial charge in [-0.1, -0.05) is 275 Å². The van der Waals surface area contributed by atoms with Crippen LogP contribution >= 0.6 is 0 Å². The van der Waals surface area contributed by atoms with E-state index in [2.05, 4.69) is 69.4 Å². The Bertz CT molecular complexity index is 1630. The third kappa shape index (κ3) is 48.5. The van der Waals surface area contributed by atoms with Crippen molar-refractivity contribution in [3.8, 4) is 0 Å². The zero-order chi connectivity index (χ0) is 60.3. The Morgan fingerprint density at radius 3 is 1.13 bits per heavy atom. The summed E-state index contributed by atoms with van der Waals surface area (Å²) >= 11 is 0. The largest absolute Gasteiger partial charge is 0.479 e. The molecule has 6 unspecified atom stereocenters. The maximum atomic E-state index is 13.2. The van der Waals surface area contributed by atoms with Crippen molar-refractivity contribution < 1.29 is 58.2 Å². The fraction of sp³-hybridized carbons (Fsp3) is 0.831. The molecule has 12 nitrogen and oxygen atoms in total. The first-order valence-electron chi connectivity index (χ1n) is 34.6. The topological polar surface area (TPSA) is 175 Å². The Hall–Kier alpha value is -3.32. The van der Waals surface area contributed by atoms with Crippen molar-refractivity contribution in [3.05, 3.63) is 48.6 Å². The summed E-state index contributed by atoms with van der Waals surface area (Å²) in [7, 11) is 0. The second-order valence-corrected chi connectivity index (χ2v) is 23.8. The molecule has 0 saturated carbocycles. The second-order valence-electron chi connectivity index (χ2n) is 23.8. The van der Waals surface area contributed by atoms with Crippen molar-refractivity contribution in [3.63, 3.8) is 0 Å². The van der Waals surface area contributed by atoms with Crippen molar-refractivity contribution in [1.82, 2.24) is 0 Å². The van der Waals surface area contributed by atoms with E-state index in [4.69, 9.17) is 23.7 Å². The summed E-state index contributed by atoms with van der Waals surface area (Å²) in [6.45, 7) is 6.02. The third-order valence-corrected chi connectivity index (χ3v) is 15.9. The lowest BCUT2D eigenvalue weighted by Gasteiger charge is -2.40. The minimum absolute atomic E-state index is 0.0481. The molecule has 1 aliphatic heterocycles. The predicted octanol–water partition coefficient (Wildman–Crippen LogP) is 18.9. The SMILES string of the molecule is CCCCC/C=C\C/C=C\C/C=C\CCCCCCCCC(=O)OC1C(OCC(COC(=O)CCCCCCCCCCC/C=C\CCCCCCCC)OC(=O)CCCCCCCCCCCCCCCCC)OC(C(=O)O)C(O)C1O. The van der Waals surface area contributed by atoms with Crippen LogP contribution in [0.2, 0.25) is 0 Å². The number of carbonyl (C=O) groups is 4. The molecule has 0 aromatic carbocycles. The lowest BCUT2D eigenvalue weighted by Crippen LogP contribution is -2.61. The highest BCUT2D eigenvalue weighted by molar-refractivity contribution is 5.74. The number of allylic oxidation sites excluding steroid dienone is 8.